The number of nitrogens with zero attached hydrogens (tertiary/aromatic N) is 4. The number of aromatic nitrogens is 2. The molecular weight excluding hydrogens is 835 g/mol. The van der Waals surface area contributed by atoms with Crippen molar-refractivity contribution in [3.05, 3.63) is 89.2 Å². The van der Waals surface area contributed by atoms with E-state index in [4.69, 9.17) is 36.7 Å². The summed E-state index contributed by atoms with van der Waals surface area (Å²) in [6.07, 6.45) is 1.37. The van der Waals surface area contributed by atoms with Crippen LogP contribution in [-0.2, 0) is 25.6 Å². The number of carbonyl (C=O) groups excluding carboxylic acids is 5. The lowest BCUT2D eigenvalue weighted by Crippen LogP contribution is -2.56. The van der Waals surface area contributed by atoms with E-state index in [1.54, 1.807) is 43.3 Å². The molecule has 0 aliphatic carbocycles. The van der Waals surface area contributed by atoms with Crippen molar-refractivity contribution in [3.8, 4) is 45.8 Å². The Kier molecular flexibility index (Phi) is 17.3. The first-order chi connectivity index (χ1) is 31.2. The highest BCUT2D eigenvalue weighted by atomic mass is 16.5. The van der Waals surface area contributed by atoms with Gasteiger partial charge in [-0.25, -0.2) is 9.97 Å². The average molecular weight is 892 g/mol. The summed E-state index contributed by atoms with van der Waals surface area (Å²) < 4.78 is 17.9. The molecule has 19 nitrogen and oxygen atoms in total. The number of fused-ring (bicyclic) bond motifs is 5. The Hall–Kier alpha value is -7.14. The van der Waals surface area contributed by atoms with Gasteiger partial charge >= 0.3 is 0 Å². The third-order valence-corrected chi connectivity index (χ3v) is 10.3. The van der Waals surface area contributed by atoms with E-state index in [0.717, 1.165) is 0 Å². The second kappa shape index (κ2) is 23.0. The molecule has 344 valence electrons. The van der Waals surface area contributed by atoms with Crippen molar-refractivity contribution in [2.45, 2.75) is 70.8 Å². The SMILES string of the molecule is Cc1nc(-c2ccc(OC(C)C)cc2)ncc1C(=O)NC(CCN)C(=O)N(C)[C@@H]1C(=O)N[C@@H](C)C(=O)N[C@H](C(=O)NCC#N)Cc2ccc(OCCN)c(c2)-c2cc1ccc2OCCN. The van der Waals surface area contributed by atoms with Gasteiger partial charge in [0.15, 0.2) is 5.82 Å². The topological polar surface area (TPSA) is 292 Å². The lowest BCUT2D eigenvalue weighted by atomic mass is 9.93. The fraction of sp³-hybridized carbons (Fsp3) is 0.391. The number of hydrogen-bond acceptors (Lipinski definition) is 14. The summed E-state index contributed by atoms with van der Waals surface area (Å²) in [5, 5.41) is 19.8. The van der Waals surface area contributed by atoms with Gasteiger partial charge in [0, 0.05) is 49.4 Å². The molecule has 0 saturated carbocycles. The summed E-state index contributed by atoms with van der Waals surface area (Å²) >= 11 is 0. The van der Waals surface area contributed by atoms with Gasteiger partial charge in [-0.3, -0.25) is 24.0 Å². The first-order valence-electron chi connectivity index (χ1n) is 21.3. The maximum atomic E-state index is 14.6. The second-order valence-electron chi connectivity index (χ2n) is 15.6. The van der Waals surface area contributed by atoms with Gasteiger partial charge in [0.05, 0.1) is 23.4 Å². The van der Waals surface area contributed by atoms with Crippen LogP contribution in [0.2, 0.25) is 0 Å². The summed E-state index contributed by atoms with van der Waals surface area (Å²) in [4.78, 5) is 80.2. The van der Waals surface area contributed by atoms with Crippen LogP contribution in [0.3, 0.4) is 0 Å². The Balaban J connectivity index is 1.55. The quantitative estimate of drug-likeness (QED) is 0.0739. The van der Waals surface area contributed by atoms with E-state index in [1.807, 2.05) is 44.2 Å². The Bertz CT molecular complexity index is 2390. The highest BCUT2D eigenvalue weighted by Crippen LogP contribution is 2.40. The van der Waals surface area contributed by atoms with Crippen LogP contribution in [0.15, 0.2) is 66.9 Å². The third-order valence-electron chi connectivity index (χ3n) is 10.3. The summed E-state index contributed by atoms with van der Waals surface area (Å²) in [7, 11) is 1.40. The smallest absolute Gasteiger partial charge is 0.255 e. The number of rotatable bonds is 17. The van der Waals surface area contributed by atoms with Crippen molar-refractivity contribution < 1.29 is 38.2 Å². The minimum Gasteiger partial charge on any atom is -0.492 e. The molecule has 2 heterocycles. The van der Waals surface area contributed by atoms with Crippen molar-refractivity contribution in [1.82, 2.24) is 36.1 Å². The van der Waals surface area contributed by atoms with Crippen molar-refractivity contribution in [3.63, 3.8) is 0 Å². The zero-order chi connectivity index (χ0) is 47.2. The number of carbonyl (C=O) groups is 5. The summed E-state index contributed by atoms with van der Waals surface area (Å²) in [5.74, 6) is -1.57. The molecule has 0 saturated heterocycles. The van der Waals surface area contributed by atoms with E-state index >= 15 is 0 Å². The van der Waals surface area contributed by atoms with Gasteiger partial charge in [0.2, 0.25) is 23.6 Å². The Morgan fingerprint density at radius 1 is 0.923 bits per heavy atom. The summed E-state index contributed by atoms with van der Waals surface area (Å²) in [5.41, 5.74) is 20.7. The molecule has 1 aliphatic rings. The number of nitriles is 1. The average Bonchev–Trinajstić information content (AvgIpc) is 3.28. The van der Waals surface area contributed by atoms with Crippen LogP contribution in [0.1, 0.15) is 60.4 Å². The van der Waals surface area contributed by atoms with E-state index in [-0.39, 0.29) is 63.9 Å². The fourth-order valence-electron chi connectivity index (χ4n) is 7.15. The van der Waals surface area contributed by atoms with Crippen molar-refractivity contribution >= 4 is 29.5 Å². The lowest BCUT2D eigenvalue weighted by molar-refractivity contribution is -0.141. The largest absolute Gasteiger partial charge is 0.492 e. The molecule has 65 heavy (non-hydrogen) atoms. The Morgan fingerprint density at radius 3 is 2.20 bits per heavy atom. The first-order valence-corrected chi connectivity index (χ1v) is 21.3. The molecule has 1 aliphatic heterocycles. The molecule has 4 aromatic rings. The van der Waals surface area contributed by atoms with Crippen molar-refractivity contribution in [1.29, 1.82) is 5.26 Å². The predicted molar refractivity (Wildman–Crippen MR) is 241 cm³/mol. The maximum absolute atomic E-state index is 14.6. The zero-order valence-corrected chi connectivity index (χ0v) is 37.2. The Labute approximate surface area is 377 Å². The summed E-state index contributed by atoms with van der Waals surface area (Å²) in [6, 6.07) is 14.2. The van der Waals surface area contributed by atoms with E-state index < -0.39 is 53.7 Å². The monoisotopic (exact) mass is 891 g/mol. The molecule has 1 aromatic heterocycles. The van der Waals surface area contributed by atoms with Crippen LogP contribution < -0.4 is 52.7 Å². The maximum Gasteiger partial charge on any atom is 0.255 e. The van der Waals surface area contributed by atoms with Gasteiger partial charge in [0.25, 0.3) is 5.91 Å². The first kappa shape index (κ1) is 48.9. The zero-order valence-electron chi connectivity index (χ0n) is 37.2. The van der Waals surface area contributed by atoms with E-state index in [9.17, 15) is 24.0 Å². The number of benzene rings is 3. The molecule has 19 heteroatoms. The van der Waals surface area contributed by atoms with Crippen LogP contribution in [0, 0.1) is 18.3 Å². The molecule has 10 N–H and O–H groups in total. The molecule has 5 rings (SSSR count). The van der Waals surface area contributed by atoms with Gasteiger partial charge in [-0.05, 0) is 100 Å². The lowest BCUT2D eigenvalue weighted by Gasteiger charge is -2.32. The predicted octanol–water partition coefficient (Wildman–Crippen LogP) is 1.41. The highest BCUT2D eigenvalue weighted by Gasteiger charge is 2.36. The van der Waals surface area contributed by atoms with Gasteiger partial charge in [-0.2, -0.15) is 5.26 Å². The highest BCUT2D eigenvalue weighted by molar-refractivity contribution is 6.00. The van der Waals surface area contributed by atoms with Crippen molar-refractivity contribution in [2.75, 3.05) is 46.4 Å². The standard InChI is InChI=1S/C46H57N11O8/c1-26(2)65-32-10-7-30(8-11-32)41-52-25-35(27(3)53-41)43(59)55-36(14-15-47)46(62)57(5)40-31-9-13-39(64-21-18-50)34(24-31)33-22-29(6-12-38(33)63-20-17-49)23-37(44(60)51-19-16-48)56-42(58)28(4)54-45(40)61/h6-13,22,24-26,28,36-37,40H,14-15,17-21,23,47,49-50H2,1-5H3,(H,51,60)(H,54,61)(H,55,59)(H,56,58)/t28-,36?,37-,40-/m0/s1. The molecule has 1 unspecified atom stereocenters. The van der Waals surface area contributed by atoms with Crippen LogP contribution >= 0.6 is 0 Å². The number of likely N-dealkylation sites (N-methyl/N-ethyl adjacent to an activating group) is 1. The number of amides is 5. The summed E-state index contributed by atoms with van der Waals surface area (Å²) in [6.45, 7) is 7.29. The molecule has 5 amide bonds. The van der Waals surface area contributed by atoms with Crippen LogP contribution in [0.25, 0.3) is 22.5 Å². The fourth-order valence-corrected chi connectivity index (χ4v) is 7.15. The molecule has 0 spiro atoms. The number of nitrogens with one attached hydrogen (secondary N) is 4. The molecule has 0 fully saturated rings. The molecule has 4 bridgehead atoms. The molecular formula is C46H57N11O8. The number of nitrogens with two attached hydrogens (primary N) is 3. The van der Waals surface area contributed by atoms with Crippen molar-refractivity contribution in [2.24, 2.45) is 17.2 Å². The normalized spacial score (nSPS) is 16.5. The Morgan fingerprint density at radius 2 is 1.58 bits per heavy atom. The van der Waals surface area contributed by atoms with Crippen LogP contribution in [0.4, 0.5) is 0 Å². The minimum atomic E-state index is -1.41. The van der Waals surface area contributed by atoms with Crippen LogP contribution in [-0.4, -0.2) is 115 Å². The minimum absolute atomic E-state index is 0.00137. The van der Waals surface area contributed by atoms with Gasteiger partial charge in [0.1, 0.15) is 61.2 Å². The number of ether oxygens (including phenoxy) is 3. The molecule has 0 radical (unpaired) electrons. The van der Waals surface area contributed by atoms with Crippen LogP contribution in [0.5, 0.6) is 17.2 Å². The van der Waals surface area contributed by atoms with E-state index in [2.05, 4.69) is 31.2 Å². The molecule has 4 atom stereocenters. The van der Waals surface area contributed by atoms with Gasteiger partial charge < -0.3 is 57.6 Å². The van der Waals surface area contributed by atoms with Gasteiger partial charge in [-0.15, -0.1) is 0 Å². The van der Waals surface area contributed by atoms with E-state index in [1.165, 1.54) is 25.1 Å². The van der Waals surface area contributed by atoms with E-state index in [0.29, 0.717) is 56.6 Å². The van der Waals surface area contributed by atoms with Gasteiger partial charge in [-0.1, -0.05) is 12.1 Å². The third kappa shape index (κ3) is 12.5. The molecule has 3 aromatic carbocycles. The second-order valence-corrected chi connectivity index (χ2v) is 15.6. The number of hydrogen-bond donors (Lipinski definition) is 7. The number of aryl methyl sites for hydroxylation is 1.